The van der Waals surface area contributed by atoms with E-state index in [4.69, 9.17) is 0 Å². The summed E-state index contributed by atoms with van der Waals surface area (Å²) in [4.78, 5) is 4.13. The van der Waals surface area contributed by atoms with Crippen LogP contribution >= 0.6 is 0 Å². The molecule has 0 spiro atoms. The molecule has 1 N–H and O–H groups in total. The fraction of sp³-hybridized carbons (Fsp3) is 0.188. The average Bonchev–Trinajstić information content (AvgIpc) is 2.40. The van der Waals surface area contributed by atoms with Crippen LogP contribution in [0.4, 0.5) is 18.9 Å². The highest BCUT2D eigenvalue weighted by Gasteiger charge is 2.29. The third-order valence-corrected chi connectivity index (χ3v) is 3.02. The number of hydrogen-bond donors (Lipinski definition) is 1. The number of rotatable bonds is 2. The van der Waals surface area contributed by atoms with Gasteiger partial charge in [0.25, 0.3) is 0 Å². The summed E-state index contributed by atoms with van der Waals surface area (Å²) < 4.78 is 37.3. The van der Waals surface area contributed by atoms with Crippen molar-refractivity contribution in [3.05, 3.63) is 58.7 Å². The first-order chi connectivity index (χ1) is 9.77. The summed E-state index contributed by atoms with van der Waals surface area (Å²) in [5, 5.41) is 9.89. The number of aryl methyl sites for hydroxylation is 2. The lowest BCUT2D eigenvalue weighted by atomic mass is 10.1. The highest BCUT2D eigenvalue weighted by Crippen LogP contribution is 2.31. The molecule has 0 unspecified atom stereocenters. The van der Waals surface area contributed by atoms with Crippen LogP contribution in [0.15, 0.2) is 41.4 Å². The summed E-state index contributed by atoms with van der Waals surface area (Å²) in [6.45, 7) is 3.64. The Kier molecular flexibility index (Phi) is 4.02. The molecule has 0 bridgehead atoms. The van der Waals surface area contributed by atoms with Crippen LogP contribution in [-0.4, -0.2) is 11.3 Å². The molecule has 0 heterocycles. The predicted octanol–water partition coefficient (Wildman–Crippen LogP) is 4.78. The Morgan fingerprint density at radius 2 is 1.67 bits per heavy atom. The first-order valence-corrected chi connectivity index (χ1v) is 6.29. The first-order valence-electron chi connectivity index (χ1n) is 6.29. The van der Waals surface area contributed by atoms with Crippen molar-refractivity contribution in [2.45, 2.75) is 20.0 Å². The molecule has 0 aliphatic rings. The fourth-order valence-electron chi connectivity index (χ4n) is 1.94. The number of halogens is 3. The van der Waals surface area contributed by atoms with Gasteiger partial charge >= 0.3 is 6.18 Å². The van der Waals surface area contributed by atoms with E-state index in [1.807, 2.05) is 13.0 Å². The Balaban J connectivity index is 2.26. The lowest BCUT2D eigenvalue weighted by Gasteiger charge is -2.06. The van der Waals surface area contributed by atoms with Gasteiger partial charge in [0.05, 0.1) is 5.56 Å². The number of aliphatic imine (C=N–C) groups is 1. The standard InChI is InChI=1S/C16H14F3NO/c1-10-7-11(2)15(21)14(8-10)20-9-12-3-5-13(6-4-12)16(17,18)19/h3-9,21H,1-2H3. The Labute approximate surface area is 120 Å². The van der Waals surface area contributed by atoms with Crippen molar-refractivity contribution >= 4 is 11.9 Å². The molecular weight excluding hydrogens is 279 g/mol. The van der Waals surface area contributed by atoms with E-state index in [1.165, 1.54) is 18.3 Å². The minimum atomic E-state index is -4.35. The second-order valence-corrected chi connectivity index (χ2v) is 4.83. The van der Waals surface area contributed by atoms with Gasteiger partial charge in [-0.1, -0.05) is 18.2 Å². The van der Waals surface area contributed by atoms with Gasteiger partial charge in [0.2, 0.25) is 0 Å². The monoisotopic (exact) mass is 293 g/mol. The highest BCUT2D eigenvalue weighted by molar-refractivity contribution is 5.83. The number of phenolic OH excluding ortho intramolecular Hbond substituents is 1. The van der Waals surface area contributed by atoms with Crippen LogP contribution in [0.5, 0.6) is 5.75 Å². The Morgan fingerprint density at radius 3 is 2.24 bits per heavy atom. The average molecular weight is 293 g/mol. The maximum atomic E-state index is 12.4. The SMILES string of the molecule is Cc1cc(C)c(O)c(N=Cc2ccc(C(F)(F)F)cc2)c1. The van der Waals surface area contributed by atoms with Crippen LogP contribution in [-0.2, 0) is 6.18 Å². The van der Waals surface area contributed by atoms with Crippen molar-refractivity contribution in [1.82, 2.24) is 0 Å². The Morgan fingerprint density at radius 1 is 1.05 bits per heavy atom. The number of nitrogens with zero attached hydrogens (tertiary/aromatic N) is 1. The Bertz CT molecular complexity index is 673. The molecule has 21 heavy (non-hydrogen) atoms. The lowest BCUT2D eigenvalue weighted by molar-refractivity contribution is -0.137. The smallest absolute Gasteiger partial charge is 0.416 e. The number of benzene rings is 2. The summed E-state index contributed by atoms with van der Waals surface area (Å²) in [5.41, 5.74) is 1.88. The zero-order chi connectivity index (χ0) is 15.6. The van der Waals surface area contributed by atoms with Crippen LogP contribution in [0, 0.1) is 13.8 Å². The summed E-state index contributed by atoms with van der Waals surface area (Å²) in [7, 11) is 0. The van der Waals surface area contributed by atoms with Gasteiger partial charge in [-0.05, 0) is 48.7 Å². The van der Waals surface area contributed by atoms with Crippen molar-refractivity contribution < 1.29 is 18.3 Å². The maximum Gasteiger partial charge on any atom is 0.416 e. The molecule has 110 valence electrons. The van der Waals surface area contributed by atoms with Crippen molar-refractivity contribution in [2.75, 3.05) is 0 Å². The van der Waals surface area contributed by atoms with Gasteiger partial charge in [0, 0.05) is 6.21 Å². The van der Waals surface area contributed by atoms with Crippen LogP contribution < -0.4 is 0 Å². The molecule has 0 radical (unpaired) electrons. The zero-order valence-electron chi connectivity index (χ0n) is 11.6. The molecule has 0 fully saturated rings. The van der Waals surface area contributed by atoms with Gasteiger partial charge in [-0.25, -0.2) is 0 Å². The van der Waals surface area contributed by atoms with Gasteiger partial charge in [-0.3, -0.25) is 4.99 Å². The quantitative estimate of drug-likeness (QED) is 0.794. The van der Waals surface area contributed by atoms with E-state index in [0.717, 1.165) is 17.7 Å². The van der Waals surface area contributed by atoms with Crippen molar-refractivity contribution in [3.8, 4) is 5.75 Å². The highest BCUT2D eigenvalue weighted by atomic mass is 19.4. The molecule has 0 aliphatic carbocycles. The molecule has 2 aromatic rings. The largest absolute Gasteiger partial charge is 0.505 e. The van der Waals surface area contributed by atoms with E-state index in [2.05, 4.69) is 4.99 Å². The topological polar surface area (TPSA) is 32.6 Å². The van der Waals surface area contributed by atoms with Gasteiger partial charge in [0.15, 0.2) is 0 Å². The normalized spacial score (nSPS) is 12.0. The Hall–Kier alpha value is -2.30. The maximum absolute atomic E-state index is 12.4. The van der Waals surface area contributed by atoms with E-state index in [1.54, 1.807) is 13.0 Å². The van der Waals surface area contributed by atoms with Crippen molar-refractivity contribution in [3.63, 3.8) is 0 Å². The third-order valence-electron chi connectivity index (χ3n) is 3.02. The number of alkyl halides is 3. The fourth-order valence-corrected chi connectivity index (χ4v) is 1.94. The minimum Gasteiger partial charge on any atom is -0.505 e. The molecule has 0 saturated heterocycles. The molecule has 0 atom stereocenters. The van der Waals surface area contributed by atoms with Crippen LogP contribution in [0.3, 0.4) is 0 Å². The molecule has 2 rings (SSSR count). The van der Waals surface area contributed by atoms with E-state index < -0.39 is 11.7 Å². The first kappa shape index (κ1) is 15.1. The molecule has 0 aliphatic heterocycles. The molecule has 2 aromatic carbocycles. The lowest BCUT2D eigenvalue weighted by Crippen LogP contribution is -2.04. The van der Waals surface area contributed by atoms with Crippen LogP contribution in [0.2, 0.25) is 0 Å². The zero-order valence-corrected chi connectivity index (χ0v) is 11.6. The molecule has 0 saturated carbocycles. The van der Waals surface area contributed by atoms with Gasteiger partial charge in [-0.15, -0.1) is 0 Å². The van der Waals surface area contributed by atoms with Crippen molar-refractivity contribution in [2.24, 2.45) is 4.99 Å². The van der Waals surface area contributed by atoms with E-state index in [-0.39, 0.29) is 5.75 Å². The summed E-state index contributed by atoms with van der Waals surface area (Å²) >= 11 is 0. The number of aromatic hydroxyl groups is 1. The van der Waals surface area contributed by atoms with Gasteiger partial charge in [-0.2, -0.15) is 13.2 Å². The molecule has 0 amide bonds. The van der Waals surface area contributed by atoms with Crippen LogP contribution in [0.25, 0.3) is 0 Å². The predicted molar refractivity (Wildman–Crippen MR) is 76.3 cm³/mol. The number of hydrogen-bond acceptors (Lipinski definition) is 2. The van der Waals surface area contributed by atoms with E-state index in [9.17, 15) is 18.3 Å². The second-order valence-electron chi connectivity index (χ2n) is 4.83. The van der Waals surface area contributed by atoms with Gasteiger partial charge < -0.3 is 5.11 Å². The molecule has 2 nitrogen and oxygen atoms in total. The molecular formula is C16H14F3NO. The summed E-state index contributed by atoms with van der Waals surface area (Å²) in [5.74, 6) is 0.0729. The number of phenols is 1. The van der Waals surface area contributed by atoms with Crippen molar-refractivity contribution in [1.29, 1.82) is 0 Å². The third kappa shape index (κ3) is 3.62. The van der Waals surface area contributed by atoms with E-state index in [0.29, 0.717) is 16.8 Å². The summed E-state index contributed by atoms with van der Waals surface area (Å²) in [6.07, 6.45) is -2.92. The van der Waals surface area contributed by atoms with E-state index >= 15 is 0 Å². The molecule has 0 aromatic heterocycles. The summed E-state index contributed by atoms with van der Waals surface area (Å²) in [6, 6.07) is 8.22. The van der Waals surface area contributed by atoms with Gasteiger partial charge in [0.1, 0.15) is 11.4 Å². The van der Waals surface area contributed by atoms with Crippen LogP contribution in [0.1, 0.15) is 22.3 Å². The second kappa shape index (κ2) is 5.60. The minimum absolute atomic E-state index is 0.0729. The molecule has 5 heteroatoms.